The van der Waals surface area contributed by atoms with Crippen molar-refractivity contribution in [3.05, 3.63) is 0 Å². The van der Waals surface area contributed by atoms with Crippen molar-refractivity contribution < 1.29 is 31.7 Å². The van der Waals surface area contributed by atoms with Gasteiger partial charge in [-0.3, -0.25) is 4.79 Å². The summed E-state index contributed by atoms with van der Waals surface area (Å²) in [5, 5.41) is 0. The van der Waals surface area contributed by atoms with E-state index < -0.39 is 65.9 Å². The smallest absolute Gasteiger partial charge is 0.324 e. The molecule has 0 heterocycles. The van der Waals surface area contributed by atoms with Gasteiger partial charge in [-0.2, -0.15) is 0 Å². The molecule has 0 saturated heterocycles. The Morgan fingerprint density at radius 1 is 0.588 bits per heavy atom. The maximum Gasteiger partial charge on any atom is 0.324 e. The molecule has 0 saturated carbocycles. The van der Waals surface area contributed by atoms with E-state index in [1.165, 1.54) is 7.11 Å². The van der Waals surface area contributed by atoms with Crippen molar-refractivity contribution in [3.63, 3.8) is 0 Å². The van der Waals surface area contributed by atoms with E-state index in [1.54, 1.807) is 0 Å². The zero-order chi connectivity index (χ0) is 27.3. The first-order valence-corrected chi connectivity index (χ1v) is 29.3. The van der Waals surface area contributed by atoms with Crippen molar-refractivity contribution in [2.24, 2.45) is 0 Å². The molecule has 0 aromatic carbocycles. The molecule has 0 bridgehead atoms. The molecule has 7 nitrogen and oxygen atoms in total. The van der Waals surface area contributed by atoms with Crippen LogP contribution in [0, 0.1) is 0 Å². The van der Waals surface area contributed by atoms with Crippen LogP contribution in [0.4, 0.5) is 0 Å². The molecule has 0 N–H and O–H groups in total. The zero-order valence-electron chi connectivity index (χ0n) is 24.9. The van der Waals surface area contributed by atoms with Crippen molar-refractivity contribution in [3.8, 4) is 0 Å². The Morgan fingerprint density at radius 3 is 1.32 bits per heavy atom. The van der Waals surface area contributed by atoms with Crippen molar-refractivity contribution in [2.45, 2.75) is 123 Å². The van der Waals surface area contributed by atoms with Gasteiger partial charge in [0.1, 0.15) is 12.2 Å². The molecule has 0 rings (SSSR count). The van der Waals surface area contributed by atoms with Gasteiger partial charge in [-0.25, -0.2) is 0 Å². The molecule has 0 aromatic rings. The van der Waals surface area contributed by atoms with Crippen LogP contribution in [0.15, 0.2) is 0 Å². The highest BCUT2D eigenvalue weighted by Gasteiger charge is 2.47. The van der Waals surface area contributed by atoms with E-state index in [4.69, 9.17) is 26.9 Å². The number of carbonyl (C=O) groups is 1. The number of hydrogen-bond acceptors (Lipinski definition) is 7. The normalized spacial score (nSPS) is 17.8. The third kappa shape index (κ3) is 16.2. The van der Waals surface area contributed by atoms with E-state index in [1.807, 2.05) is 19.6 Å². The lowest BCUT2D eigenvalue weighted by Crippen LogP contribution is -2.60. The van der Waals surface area contributed by atoms with Gasteiger partial charge in [-0.15, -0.1) is 0 Å². The van der Waals surface area contributed by atoms with Gasteiger partial charge in [0.15, 0.2) is 39.4 Å². The highest BCUT2D eigenvalue weighted by molar-refractivity contribution is 6.72. The van der Waals surface area contributed by atoms with Crippen LogP contribution in [-0.2, 0) is 31.7 Å². The van der Waals surface area contributed by atoms with Gasteiger partial charge in [0.25, 0.3) is 0 Å². The van der Waals surface area contributed by atoms with Gasteiger partial charge in [-0.05, 0) is 98.2 Å². The Kier molecular flexibility index (Phi) is 12.9. The molecule has 0 aliphatic carbocycles. The van der Waals surface area contributed by atoms with E-state index in [-0.39, 0.29) is 6.10 Å². The van der Waals surface area contributed by atoms with E-state index in [0.717, 1.165) is 0 Å². The van der Waals surface area contributed by atoms with E-state index in [9.17, 15) is 4.79 Å². The Morgan fingerprint density at radius 2 is 1.00 bits per heavy atom. The summed E-state index contributed by atoms with van der Waals surface area (Å²) in [6.45, 7) is 32.0. The maximum atomic E-state index is 13.3. The number of hydrogen-bond donors (Lipinski definition) is 0. The minimum absolute atomic E-state index is 0.385. The summed E-state index contributed by atoms with van der Waals surface area (Å²) in [6, 6.07) is 0. The minimum atomic E-state index is -2.14. The molecule has 0 radical (unpaired) electrons. The summed E-state index contributed by atoms with van der Waals surface area (Å²) in [5.41, 5.74) is 0. The molecule has 34 heavy (non-hydrogen) atoms. The summed E-state index contributed by atoms with van der Waals surface area (Å²) < 4.78 is 38.1. The molecule has 4 unspecified atom stereocenters. The summed E-state index contributed by atoms with van der Waals surface area (Å²) in [7, 11) is -8.63. The van der Waals surface area contributed by atoms with Gasteiger partial charge < -0.3 is 26.9 Å². The lowest BCUT2D eigenvalue weighted by molar-refractivity contribution is -0.161. The van der Waals surface area contributed by atoms with Crippen LogP contribution in [0.25, 0.3) is 0 Å². The summed E-state index contributed by atoms with van der Waals surface area (Å²) >= 11 is 0. The molecular formula is C22H54O7Si5. The molecule has 0 amide bonds. The van der Waals surface area contributed by atoms with Gasteiger partial charge >= 0.3 is 5.97 Å². The van der Waals surface area contributed by atoms with Crippen LogP contribution in [-0.4, -0.2) is 85.7 Å². The second-order valence-electron chi connectivity index (χ2n) is 13.8. The number of carbonyl (C=O) groups excluding carboxylic acids is 1. The van der Waals surface area contributed by atoms with Gasteiger partial charge in [0.05, 0.1) is 12.7 Å². The fraction of sp³-hybridized carbons (Fsp3) is 0.955. The lowest BCUT2D eigenvalue weighted by atomic mass is 10.0. The first-order valence-electron chi connectivity index (χ1n) is 12.3. The largest absolute Gasteiger partial charge is 0.518 e. The van der Waals surface area contributed by atoms with E-state index >= 15 is 0 Å². The fourth-order valence-corrected chi connectivity index (χ4v) is 7.85. The fourth-order valence-electron chi connectivity index (χ4n) is 3.18. The van der Waals surface area contributed by atoms with Crippen LogP contribution in [0.1, 0.15) is 0 Å². The van der Waals surface area contributed by atoms with Gasteiger partial charge in [0, 0.05) is 7.11 Å². The lowest BCUT2D eigenvalue weighted by Gasteiger charge is -2.44. The topological polar surface area (TPSA) is 72.5 Å². The third-order valence-electron chi connectivity index (χ3n) is 4.05. The van der Waals surface area contributed by atoms with Crippen LogP contribution >= 0.6 is 0 Å². The van der Waals surface area contributed by atoms with Crippen LogP contribution in [0.5, 0.6) is 0 Å². The van der Waals surface area contributed by atoms with Crippen molar-refractivity contribution in [1.82, 2.24) is 0 Å². The number of ether oxygens (including phenoxy) is 1. The monoisotopic (exact) mass is 570 g/mol. The number of rotatable bonds is 15. The number of methoxy groups -OCH3 is 1. The highest BCUT2D eigenvalue weighted by atomic mass is 28.4. The highest BCUT2D eigenvalue weighted by Crippen LogP contribution is 2.28. The molecule has 0 spiro atoms. The second-order valence-corrected chi connectivity index (χ2v) is 36.1. The standard InChI is InChI=1S/C22H54O7Si5/c1-24-21(22(23)29-34(14,15)16)20(28-33(11,12)13)19(27-32(8,9)10)18(26-31(5,6)7)17-25-30(2,3)4/h18-21H,17H2,1-16H3. The molecular weight excluding hydrogens is 517 g/mol. The third-order valence-corrected chi connectivity index (χ3v) is 8.86. The quantitative estimate of drug-likeness (QED) is 0.227. The zero-order valence-corrected chi connectivity index (χ0v) is 29.9. The Bertz CT molecular complexity index is 628. The average Bonchev–Trinajstić information content (AvgIpc) is 2.51. The van der Waals surface area contributed by atoms with Crippen molar-refractivity contribution in [1.29, 1.82) is 0 Å². The molecule has 0 aromatic heterocycles. The maximum absolute atomic E-state index is 13.3. The van der Waals surface area contributed by atoms with Gasteiger partial charge in [-0.1, -0.05) is 0 Å². The Balaban J connectivity index is 6.65. The average molecular weight is 571 g/mol. The molecule has 4 atom stereocenters. The first kappa shape index (κ1) is 34.4. The Hall–Kier alpha value is 0.354. The Labute approximate surface area is 215 Å². The van der Waals surface area contributed by atoms with Crippen LogP contribution in [0.2, 0.25) is 98.2 Å². The molecule has 0 fully saturated rings. The van der Waals surface area contributed by atoms with E-state index in [0.29, 0.717) is 6.61 Å². The predicted molar refractivity (Wildman–Crippen MR) is 154 cm³/mol. The van der Waals surface area contributed by atoms with Crippen molar-refractivity contribution in [2.75, 3.05) is 13.7 Å². The molecule has 0 aliphatic heterocycles. The van der Waals surface area contributed by atoms with Crippen LogP contribution < -0.4 is 0 Å². The first-order chi connectivity index (χ1) is 14.8. The van der Waals surface area contributed by atoms with E-state index in [2.05, 4.69) is 78.6 Å². The van der Waals surface area contributed by atoms with Crippen molar-refractivity contribution >= 4 is 47.6 Å². The molecule has 0 aliphatic rings. The summed E-state index contributed by atoms with van der Waals surface area (Å²) in [4.78, 5) is 13.3. The molecule has 204 valence electrons. The summed E-state index contributed by atoms with van der Waals surface area (Å²) in [5.74, 6) is -0.396. The predicted octanol–water partition coefficient (Wildman–Crippen LogP) is 5.89. The van der Waals surface area contributed by atoms with Crippen LogP contribution in [0.3, 0.4) is 0 Å². The molecule has 12 heteroatoms. The second kappa shape index (κ2) is 12.7. The minimum Gasteiger partial charge on any atom is -0.518 e. The summed E-state index contributed by atoms with van der Waals surface area (Å²) in [6.07, 6.45) is -2.50. The SMILES string of the molecule is COC(C(=O)O[Si](C)(C)C)C(O[Si](C)(C)C)C(O[Si](C)(C)C)C(CO[Si](C)(C)C)O[Si](C)(C)C. The van der Waals surface area contributed by atoms with Gasteiger partial charge in [0.2, 0.25) is 8.32 Å².